The van der Waals surface area contributed by atoms with Crippen LogP contribution in [0.2, 0.25) is 10.0 Å². The summed E-state index contributed by atoms with van der Waals surface area (Å²) in [7, 11) is 0. The fourth-order valence-corrected chi connectivity index (χ4v) is 5.07. The fraction of sp³-hybridized carbons (Fsp3) is 0.250. The van der Waals surface area contributed by atoms with Crippen molar-refractivity contribution in [3.63, 3.8) is 0 Å². The minimum atomic E-state index is -4.34. The molecule has 2 aromatic carbocycles. The van der Waals surface area contributed by atoms with Gasteiger partial charge < -0.3 is 0 Å². The molecule has 0 bridgehead atoms. The van der Waals surface area contributed by atoms with E-state index in [9.17, 15) is 13.2 Å². The van der Waals surface area contributed by atoms with E-state index in [4.69, 9.17) is 28.2 Å². The van der Waals surface area contributed by atoms with Gasteiger partial charge in [0.1, 0.15) is 5.01 Å². The molecule has 0 radical (unpaired) electrons. The highest BCUT2D eigenvalue weighted by Crippen LogP contribution is 2.57. The number of nitrogens with zero attached hydrogens (tertiary/aromatic N) is 1. The number of hydrogen-bond acceptors (Lipinski definition) is 2. The van der Waals surface area contributed by atoms with Crippen LogP contribution in [0.1, 0.15) is 33.9 Å². The first kappa shape index (κ1) is 18.8. The number of halogens is 5. The molecule has 3 aromatic rings. The summed E-state index contributed by atoms with van der Waals surface area (Å²) in [5.41, 5.74) is 1.52. The first-order valence-corrected chi connectivity index (χ1v) is 9.89. The quantitative estimate of drug-likeness (QED) is 0.420. The zero-order valence-electron chi connectivity index (χ0n) is 14.2. The molecular formula is C20H14Cl2F3NS. The van der Waals surface area contributed by atoms with Crippen LogP contribution in [-0.4, -0.2) is 4.98 Å². The molecule has 1 aliphatic carbocycles. The van der Waals surface area contributed by atoms with Crippen LogP contribution in [0, 0.1) is 6.92 Å². The monoisotopic (exact) mass is 427 g/mol. The molecule has 0 saturated heterocycles. The minimum absolute atomic E-state index is 0.221. The SMILES string of the molecule is Cc1sc(C2(c3ccc(Cl)cc3Cl)CC2)nc1-c1ccc(C(F)(F)F)cc1. The summed E-state index contributed by atoms with van der Waals surface area (Å²) >= 11 is 14.0. The van der Waals surface area contributed by atoms with Gasteiger partial charge in [-0.3, -0.25) is 0 Å². The van der Waals surface area contributed by atoms with E-state index in [0.29, 0.717) is 15.6 Å². The topological polar surface area (TPSA) is 12.9 Å². The molecule has 0 amide bonds. The smallest absolute Gasteiger partial charge is 0.240 e. The Balaban J connectivity index is 1.72. The van der Waals surface area contributed by atoms with Crippen molar-refractivity contribution < 1.29 is 13.2 Å². The van der Waals surface area contributed by atoms with Gasteiger partial charge in [0.05, 0.1) is 11.3 Å². The van der Waals surface area contributed by atoms with Crippen molar-refractivity contribution in [2.45, 2.75) is 31.4 Å². The van der Waals surface area contributed by atoms with E-state index in [1.165, 1.54) is 12.1 Å². The number of hydrogen-bond donors (Lipinski definition) is 0. The summed E-state index contributed by atoms with van der Waals surface area (Å²) in [6, 6.07) is 10.6. The van der Waals surface area contributed by atoms with Crippen LogP contribution in [0.15, 0.2) is 42.5 Å². The number of benzene rings is 2. The Morgan fingerprint density at radius 3 is 2.26 bits per heavy atom. The molecule has 0 unspecified atom stereocenters. The Labute approximate surface area is 168 Å². The zero-order valence-corrected chi connectivity index (χ0v) is 16.5. The van der Waals surface area contributed by atoms with Crippen LogP contribution in [0.25, 0.3) is 11.3 Å². The van der Waals surface area contributed by atoms with E-state index in [1.807, 2.05) is 19.1 Å². The lowest BCUT2D eigenvalue weighted by atomic mass is 9.96. The highest BCUT2D eigenvalue weighted by atomic mass is 35.5. The molecule has 0 aliphatic heterocycles. The molecule has 1 saturated carbocycles. The predicted octanol–water partition coefficient (Wildman–Crippen LogP) is 7.52. The first-order chi connectivity index (χ1) is 12.7. The van der Waals surface area contributed by atoms with Crippen LogP contribution in [0.5, 0.6) is 0 Å². The van der Waals surface area contributed by atoms with Gasteiger partial charge in [-0.1, -0.05) is 41.4 Å². The average molecular weight is 428 g/mol. The van der Waals surface area contributed by atoms with Crippen LogP contribution in [0.3, 0.4) is 0 Å². The summed E-state index contributed by atoms with van der Waals surface area (Å²) in [6.07, 6.45) is -2.47. The second kappa shape index (κ2) is 6.50. The fourth-order valence-electron chi connectivity index (χ4n) is 3.29. The Morgan fingerprint density at radius 2 is 1.70 bits per heavy atom. The van der Waals surface area contributed by atoms with Gasteiger partial charge in [-0.15, -0.1) is 11.3 Å². The predicted molar refractivity (Wildman–Crippen MR) is 104 cm³/mol. The van der Waals surface area contributed by atoms with Crippen LogP contribution in [0.4, 0.5) is 13.2 Å². The number of aromatic nitrogens is 1. The summed E-state index contributed by atoms with van der Waals surface area (Å²) in [5, 5.41) is 2.14. The molecule has 27 heavy (non-hydrogen) atoms. The van der Waals surface area contributed by atoms with Crippen LogP contribution >= 0.6 is 34.5 Å². The number of aryl methyl sites for hydroxylation is 1. The minimum Gasteiger partial charge on any atom is -0.240 e. The van der Waals surface area contributed by atoms with E-state index in [0.717, 1.165) is 46.1 Å². The standard InChI is InChI=1S/C20H14Cl2F3NS/c1-11-17(12-2-4-13(5-3-12)20(23,24)25)26-18(27-11)19(8-9-19)15-7-6-14(21)10-16(15)22/h2-7,10H,8-9H2,1H3. The molecule has 1 nitrogen and oxygen atoms in total. The summed E-state index contributed by atoms with van der Waals surface area (Å²) in [5.74, 6) is 0. The molecule has 1 fully saturated rings. The van der Waals surface area contributed by atoms with E-state index in [1.54, 1.807) is 17.4 Å². The maximum absolute atomic E-state index is 12.8. The highest BCUT2D eigenvalue weighted by Gasteiger charge is 2.50. The lowest BCUT2D eigenvalue weighted by molar-refractivity contribution is -0.137. The molecule has 1 heterocycles. The molecule has 1 aliphatic rings. The van der Waals surface area contributed by atoms with Gasteiger partial charge in [-0.2, -0.15) is 13.2 Å². The molecule has 140 valence electrons. The molecular weight excluding hydrogens is 414 g/mol. The largest absolute Gasteiger partial charge is 0.416 e. The zero-order chi connectivity index (χ0) is 19.4. The normalized spacial score (nSPS) is 15.8. The van der Waals surface area contributed by atoms with Crippen LogP contribution < -0.4 is 0 Å². The number of thiazole rings is 1. The summed E-state index contributed by atoms with van der Waals surface area (Å²) in [4.78, 5) is 5.76. The van der Waals surface area contributed by atoms with Gasteiger partial charge in [0.15, 0.2) is 0 Å². The van der Waals surface area contributed by atoms with Crippen molar-refractivity contribution in [1.29, 1.82) is 0 Å². The number of rotatable bonds is 3. The first-order valence-electron chi connectivity index (χ1n) is 8.32. The van der Waals surface area contributed by atoms with Crippen molar-refractivity contribution in [1.82, 2.24) is 4.98 Å². The van der Waals surface area contributed by atoms with Gasteiger partial charge in [-0.25, -0.2) is 4.98 Å². The van der Waals surface area contributed by atoms with Gasteiger partial charge in [0, 0.05) is 25.9 Å². The van der Waals surface area contributed by atoms with Crippen molar-refractivity contribution in [2.75, 3.05) is 0 Å². The van der Waals surface area contributed by atoms with Crippen molar-refractivity contribution in [2.24, 2.45) is 0 Å². The third-order valence-corrected chi connectivity index (χ3v) is 6.61. The summed E-state index contributed by atoms with van der Waals surface area (Å²) in [6.45, 7) is 1.94. The van der Waals surface area contributed by atoms with E-state index in [2.05, 4.69) is 0 Å². The maximum Gasteiger partial charge on any atom is 0.416 e. The molecule has 0 spiro atoms. The molecule has 0 atom stereocenters. The average Bonchev–Trinajstić information content (AvgIpc) is 3.30. The highest BCUT2D eigenvalue weighted by molar-refractivity contribution is 7.12. The number of alkyl halides is 3. The second-order valence-electron chi connectivity index (χ2n) is 6.71. The van der Waals surface area contributed by atoms with E-state index in [-0.39, 0.29) is 5.41 Å². The molecule has 4 rings (SSSR count). The van der Waals surface area contributed by atoms with Crippen molar-refractivity contribution >= 4 is 34.5 Å². The maximum atomic E-state index is 12.8. The summed E-state index contributed by atoms with van der Waals surface area (Å²) < 4.78 is 38.4. The molecule has 0 N–H and O–H groups in total. The molecule has 7 heteroatoms. The third-order valence-electron chi connectivity index (χ3n) is 4.89. The van der Waals surface area contributed by atoms with Gasteiger partial charge >= 0.3 is 6.18 Å². The van der Waals surface area contributed by atoms with Gasteiger partial charge in [0.2, 0.25) is 0 Å². The lowest BCUT2D eigenvalue weighted by Crippen LogP contribution is -2.09. The Bertz CT molecular complexity index is 1010. The third kappa shape index (κ3) is 3.37. The van der Waals surface area contributed by atoms with Crippen LogP contribution in [-0.2, 0) is 11.6 Å². The van der Waals surface area contributed by atoms with Gasteiger partial charge in [-0.05, 0) is 49.6 Å². The Morgan fingerprint density at radius 1 is 1.04 bits per heavy atom. The van der Waals surface area contributed by atoms with E-state index >= 15 is 0 Å². The second-order valence-corrected chi connectivity index (χ2v) is 8.75. The van der Waals surface area contributed by atoms with E-state index < -0.39 is 11.7 Å². The van der Waals surface area contributed by atoms with Crippen molar-refractivity contribution in [3.05, 3.63) is 73.5 Å². The Hall–Kier alpha value is -1.56. The van der Waals surface area contributed by atoms with Crippen molar-refractivity contribution in [3.8, 4) is 11.3 Å². The lowest BCUT2D eigenvalue weighted by Gasteiger charge is -2.14. The Kier molecular flexibility index (Phi) is 4.53. The van der Waals surface area contributed by atoms with Gasteiger partial charge in [0.25, 0.3) is 0 Å². The molecule has 1 aromatic heterocycles.